The van der Waals surface area contributed by atoms with Gasteiger partial charge in [-0.05, 0) is 0 Å². The Kier molecular flexibility index (Phi) is 9.11. The molecule has 19 heavy (non-hydrogen) atoms. The second-order valence-corrected chi connectivity index (χ2v) is 3.80. The van der Waals surface area contributed by atoms with E-state index in [0.29, 0.717) is 59.3 Å². The summed E-state index contributed by atoms with van der Waals surface area (Å²) in [6.45, 7) is 4.98. The van der Waals surface area contributed by atoms with Crippen molar-refractivity contribution in [3.63, 3.8) is 0 Å². The van der Waals surface area contributed by atoms with Gasteiger partial charge in [0.1, 0.15) is 0 Å². The van der Waals surface area contributed by atoms with Gasteiger partial charge in [0.15, 0.2) is 0 Å². The predicted molar refractivity (Wildman–Crippen MR) is 69.4 cm³/mol. The lowest BCUT2D eigenvalue weighted by Gasteiger charge is -2.06. The first kappa shape index (κ1) is 16.0. The number of nitrogens with two attached hydrogens (primary N) is 2. The fourth-order valence-electron chi connectivity index (χ4n) is 1.32. The van der Waals surface area contributed by atoms with Gasteiger partial charge in [-0.25, -0.2) is 4.68 Å². The Bertz CT molecular complexity index is 321. The third-order valence-corrected chi connectivity index (χ3v) is 2.27. The molecule has 4 N–H and O–H groups in total. The van der Waals surface area contributed by atoms with Gasteiger partial charge >= 0.3 is 0 Å². The molecule has 0 saturated carbocycles. The monoisotopic (exact) mass is 273 g/mol. The highest BCUT2D eigenvalue weighted by molar-refractivity contribution is 4.90. The van der Waals surface area contributed by atoms with Crippen molar-refractivity contribution < 1.29 is 14.2 Å². The molecule has 0 aliphatic carbocycles. The molecule has 0 aliphatic rings. The topological polar surface area (TPSA) is 110 Å². The number of rotatable bonds is 12. The second-order valence-electron chi connectivity index (χ2n) is 3.80. The zero-order valence-corrected chi connectivity index (χ0v) is 11.2. The van der Waals surface area contributed by atoms with Gasteiger partial charge < -0.3 is 25.7 Å². The highest BCUT2D eigenvalue weighted by atomic mass is 16.5. The smallest absolute Gasteiger partial charge is 0.0962 e. The molecule has 0 amide bonds. The first-order valence-corrected chi connectivity index (χ1v) is 6.39. The molecule has 8 nitrogen and oxygen atoms in total. The van der Waals surface area contributed by atoms with Gasteiger partial charge in [0.2, 0.25) is 0 Å². The van der Waals surface area contributed by atoms with Crippen LogP contribution in [0.25, 0.3) is 0 Å². The molecule has 1 rings (SSSR count). The standard InChI is InChI=1S/C11H23N5O3/c12-1-3-17-5-7-19-8-6-18-4-2-16-10-11(9-13)14-15-16/h10H,1-9,12-13H2. The van der Waals surface area contributed by atoms with Crippen molar-refractivity contribution in [1.82, 2.24) is 15.0 Å². The Morgan fingerprint density at radius 2 is 1.58 bits per heavy atom. The Labute approximate surface area is 113 Å². The maximum atomic E-state index is 5.44. The van der Waals surface area contributed by atoms with E-state index in [0.717, 1.165) is 5.69 Å². The van der Waals surface area contributed by atoms with Crippen molar-refractivity contribution >= 4 is 0 Å². The minimum atomic E-state index is 0.404. The van der Waals surface area contributed by atoms with Gasteiger partial charge in [0.05, 0.1) is 51.9 Å². The van der Waals surface area contributed by atoms with Crippen molar-refractivity contribution in [3.8, 4) is 0 Å². The predicted octanol–water partition coefficient (Wildman–Crippen LogP) is -1.25. The molecule has 1 heterocycles. The third-order valence-electron chi connectivity index (χ3n) is 2.27. The molecule has 0 aromatic carbocycles. The molecular formula is C11H23N5O3. The van der Waals surface area contributed by atoms with Crippen molar-refractivity contribution in [3.05, 3.63) is 11.9 Å². The molecule has 0 aliphatic heterocycles. The van der Waals surface area contributed by atoms with E-state index in [1.807, 2.05) is 6.20 Å². The summed E-state index contributed by atoms with van der Waals surface area (Å²) in [6, 6.07) is 0. The van der Waals surface area contributed by atoms with E-state index in [2.05, 4.69) is 10.3 Å². The van der Waals surface area contributed by atoms with Crippen LogP contribution in [-0.4, -0.2) is 61.2 Å². The second kappa shape index (κ2) is 10.8. The molecule has 8 heteroatoms. The lowest BCUT2D eigenvalue weighted by atomic mass is 10.5. The van der Waals surface area contributed by atoms with Crippen LogP contribution in [-0.2, 0) is 27.3 Å². The average molecular weight is 273 g/mol. The minimum Gasteiger partial charge on any atom is -0.378 e. The summed E-state index contributed by atoms with van der Waals surface area (Å²) in [4.78, 5) is 0. The number of aromatic nitrogens is 3. The van der Waals surface area contributed by atoms with Crippen LogP contribution in [0.2, 0.25) is 0 Å². The third kappa shape index (κ3) is 7.85. The van der Waals surface area contributed by atoms with E-state index < -0.39 is 0 Å². The Morgan fingerprint density at radius 1 is 0.947 bits per heavy atom. The number of ether oxygens (including phenoxy) is 3. The zero-order valence-electron chi connectivity index (χ0n) is 11.2. The Morgan fingerprint density at radius 3 is 2.16 bits per heavy atom. The highest BCUT2D eigenvalue weighted by Gasteiger charge is 1.98. The van der Waals surface area contributed by atoms with Crippen molar-refractivity contribution in [2.75, 3.05) is 46.2 Å². The van der Waals surface area contributed by atoms with Gasteiger partial charge in [-0.1, -0.05) is 5.21 Å². The molecule has 0 radical (unpaired) electrons. The number of hydrogen-bond donors (Lipinski definition) is 2. The van der Waals surface area contributed by atoms with Crippen molar-refractivity contribution in [1.29, 1.82) is 0 Å². The number of hydrogen-bond acceptors (Lipinski definition) is 7. The van der Waals surface area contributed by atoms with Gasteiger partial charge in [0, 0.05) is 19.3 Å². The van der Waals surface area contributed by atoms with Crippen LogP contribution in [0.1, 0.15) is 5.69 Å². The molecule has 1 aromatic heterocycles. The van der Waals surface area contributed by atoms with Crippen molar-refractivity contribution in [2.45, 2.75) is 13.1 Å². The van der Waals surface area contributed by atoms with Crippen LogP contribution in [0.4, 0.5) is 0 Å². The van der Waals surface area contributed by atoms with Crippen LogP contribution in [0.5, 0.6) is 0 Å². The summed E-state index contributed by atoms with van der Waals surface area (Å²) >= 11 is 0. The van der Waals surface area contributed by atoms with Crippen molar-refractivity contribution in [2.24, 2.45) is 11.5 Å². The molecule has 0 atom stereocenters. The van der Waals surface area contributed by atoms with Crippen LogP contribution < -0.4 is 11.5 Å². The molecule has 110 valence electrons. The SMILES string of the molecule is NCCOCCOCCOCCn1cc(CN)nn1. The summed E-state index contributed by atoms with van der Waals surface area (Å²) in [5, 5.41) is 7.79. The van der Waals surface area contributed by atoms with Gasteiger partial charge in [0.25, 0.3) is 0 Å². The van der Waals surface area contributed by atoms with Gasteiger partial charge in [-0.3, -0.25) is 0 Å². The first-order valence-electron chi connectivity index (χ1n) is 6.39. The summed E-state index contributed by atoms with van der Waals surface area (Å²) in [5.74, 6) is 0. The molecule has 0 fully saturated rings. The molecule has 0 unspecified atom stereocenters. The van der Waals surface area contributed by atoms with Crippen LogP contribution in [0.15, 0.2) is 6.20 Å². The lowest BCUT2D eigenvalue weighted by molar-refractivity contribution is 0.0141. The molecule has 0 bridgehead atoms. The Balaban J connectivity index is 1.86. The highest BCUT2D eigenvalue weighted by Crippen LogP contribution is 1.91. The fourth-order valence-corrected chi connectivity index (χ4v) is 1.32. The summed E-state index contributed by atoms with van der Waals surface area (Å²) < 4.78 is 17.6. The first-order chi connectivity index (χ1) is 9.36. The summed E-state index contributed by atoms with van der Waals surface area (Å²) in [6.07, 6.45) is 1.81. The zero-order chi connectivity index (χ0) is 13.8. The van der Waals surface area contributed by atoms with E-state index in [1.54, 1.807) is 4.68 Å². The van der Waals surface area contributed by atoms with E-state index in [-0.39, 0.29) is 0 Å². The molecule has 0 spiro atoms. The maximum Gasteiger partial charge on any atom is 0.0962 e. The van der Waals surface area contributed by atoms with Crippen LogP contribution in [0, 0.1) is 0 Å². The Hall–Kier alpha value is -1.06. The van der Waals surface area contributed by atoms with Crippen LogP contribution >= 0.6 is 0 Å². The fraction of sp³-hybridized carbons (Fsp3) is 0.818. The van der Waals surface area contributed by atoms with E-state index in [9.17, 15) is 0 Å². The van der Waals surface area contributed by atoms with E-state index >= 15 is 0 Å². The summed E-state index contributed by atoms with van der Waals surface area (Å²) in [5.41, 5.74) is 11.5. The largest absolute Gasteiger partial charge is 0.378 e. The maximum absolute atomic E-state index is 5.44. The van der Waals surface area contributed by atoms with Gasteiger partial charge in [-0.2, -0.15) is 0 Å². The normalized spacial score (nSPS) is 11.1. The van der Waals surface area contributed by atoms with E-state index in [4.69, 9.17) is 25.7 Å². The lowest BCUT2D eigenvalue weighted by Crippen LogP contribution is -2.14. The number of nitrogens with zero attached hydrogens (tertiary/aromatic N) is 3. The molecular weight excluding hydrogens is 250 g/mol. The van der Waals surface area contributed by atoms with Gasteiger partial charge in [-0.15, -0.1) is 5.10 Å². The van der Waals surface area contributed by atoms with E-state index in [1.165, 1.54) is 0 Å². The van der Waals surface area contributed by atoms with Crippen LogP contribution in [0.3, 0.4) is 0 Å². The molecule has 0 saturated heterocycles. The quantitative estimate of drug-likeness (QED) is 0.457. The average Bonchev–Trinajstić information content (AvgIpc) is 2.89. The summed E-state index contributed by atoms with van der Waals surface area (Å²) in [7, 11) is 0. The molecule has 1 aromatic rings. The minimum absolute atomic E-state index is 0.404.